The summed E-state index contributed by atoms with van der Waals surface area (Å²) in [6, 6.07) is 5.53. The number of hydrogen-bond acceptors (Lipinski definition) is 3. The summed E-state index contributed by atoms with van der Waals surface area (Å²) in [5.74, 6) is 1.86. The van der Waals surface area contributed by atoms with Crippen molar-refractivity contribution in [3.8, 4) is 11.5 Å². The van der Waals surface area contributed by atoms with Gasteiger partial charge in [-0.2, -0.15) is 0 Å². The van der Waals surface area contributed by atoms with Crippen LogP contribution in [-0.4, -0.2) is 19.3 Å². The SMILES string of the molecule is COc1ccc(C(O)C2CC2)c(OC)c1. The summed E-state index contributed by atoms with van der Waals surface area (Å²) in [5, 5.41) is 10.0. The normalized spacial score (nSPS) is 17.3. The topological polar surface area (TPSA) is 38.7 Å². The Morgan fingerprint density at radius 1 is 1.27 bits per heavy atom. The molecule has 0 bridgehead atoms. The fraction of sp³-hybridized carbons (Fsp3) is 0.500. The molecule has 0 radical (unpaired) electrons. The van der Waals surface area contributed by atoms with Gasteiger partial charge in [-0.05, 0) is 30.9 Å². The predicted octanol–water partition coefficient (Wildman–Crippen LogP) is 2.15. The summed E-state index contributed by atoms with van der Waals surface area (Å²) in [7, 11) is 3.23. The zero-order valence-corrected chi connectivity index (χ0v) is 9.06. The van der Waals surface area contributed by atoms with E-state index in [4.69, 9.17) is 9.47 Å². The molecular formula is C12H16O3. The molecule has 0 saturated heterocycles. The third-order valence-electron chi connectivity index (χ3n) is 2.83. The molecular weight excluding hydrogens is 192 g/mol. The van der Waals surface area contributed by atoms with Crippen LogP contribution < -0.4 is 9.47 Å². The molecule has 1 unspecified atom stereocenters. The van der Waals surface area contributed by atoms with Gasteiger partial charge in [0.15, 0.2) is 0 Å². The highest BCUT2D eigenvalue weighted by molar-refractivity contribution is 5.42. The van der Waals surface area contributed by atoms with Gasteiger partial charge in [-0.15, -0.1) is 0 Å². The first-order chi connectivity index (χ1) is 7.26. The van der Waals surface area contributed by atoms with Crippen LogP contribution in [0.1, 0.15) is 24.5 Å². The molecule has 2 rings (SSSR count). The van der Waals surface area contributed by atoms with E-state index in [1.165, 1.54) is 0 Å². The number of aliphatic hydroxyl groups is 1. The second-order valence-corrected chi connectivity index (χ2v) is 3.89. The third-order valence-corrected chi connectivity index (χ3v) is 2.83. The monoisotopic (exact) mass is 208 g/mol. The Hall–Kier alpha value is -1.22. The van der Waals surface area contributed by atoms with Gasteiger partial charge in [-0.3, -0.25) is 0 Å². The molecule has 3 nitrogen and oxygen atoms in total. The van der Waals surface area contributed by atoms with Crippen molar-refractivity contribution >= 4 is 0 Å². The second-order valence-electron chi connectivity index (χ2n) is 3.89. The van der Waals surface area contributed by atoms with Crippen molar-refractivity contribution in [2.75, 3.05) is 14.2 Å². The van der Waals surface area contributed by atoms with Crippen LogP contribution in [0.2, 0.25) is 0 Å². The Morgan fingerprint density at radius 3 is 2.53 bits per heavy atom. The van der Waals surface area contributed by atoms with Crippen molar-refractivity contribution in [2.24, 2.45) is 5.92 Å². The number of methoxy groups -OCH3 is 2. The summed E-state index contributed by atoms with van der Waals surface area (Å²) in [4.78, 5) is 0. The minimum absolute atomic E-state index is 0.397. The van der Waals surface area contributed by atoms with Crippen LogP contribution in [0.5, 0.6) is 11.5 Å². The van der Waals surface area contributed by atoms with Crippen LogP contribution in [0, 0.1) is 5.92 Å². The van der Waals surface area contributed by atoms with Crippen LogP contribution in [0.15, 0.2) is 18.2 Å². The van der Waals surface area contributed by atoms with Gasteiger partial charge in [-0.1, -0.05) is 0 Å². The van der Waals surface area contributed by atoms with E-state index in [-0.39, 0.29) is 0 Å². The van der Waals surface area contributed by atoms with Crippen molar-refractivity contribution in [2.45, 2.75) is 18.9 Å². The molecule has 1 N–H and O–H groups in total. The summed E-state index contributed by atoms with van der Waals surface area (Å²) in [6.07, 6.45) is 1.82. The van der Waals surface area contributed by atoms with E-state index < -0.39 is 6.10 Å². The molecule has 0 amide bonds. The van der Waals surface area contributed by atoms with Gasteiger partial charge in [-0.25, -0.2) is 0 Å². The Morgan fingerprint density at radius 2 is 2.00 bits per heavy atom. The van der Waals surface area contributed by atoms with Crippen LogP contribution in [0.25, 0.3) is 0 Å². The molecule has 1 aliphatic rings. The first-order valence-corrected chi connectivity index (χ1v) is 5.16. The maximum Gasteiger partial charge on any atom is 0.128 e. The molecule has 1 fully saturated rings. The van der Waals surface area contributed by atoms with E-state index in [1.807, 2.05) is 12.1 Å². The molecule has 15 heavy (non-hydrogen) atoms. The quantitative estimate of drug-likeness (QED) is 0.824. The Balaban J connectivity index is 2.28. The minimum Gasteiger partial charge on any atom is -0.497 e. The predicted molar refractivity (Wildman–Crippen MR) is 57.2 cm³/mol. The number of ether oxygens (including phenoxy) is 2. The van der Waals surface area contributed by atoms with Crippen molar-refractivity contribution in [3.05, 3.63) is 23.8 Å². The maximum absolute atomic E-state index is 10.0. The summed E-state index contributed by atoms with van der Waals surface area (Å²) >= 11 is 0. The lowest BCUT2D eigenvalue weighted by Crippen LogP contribution is -2.02. The lowest BCUT2D eigenvalue weighted by Gasteiger charge is -2.14. The molecule has 0 spiro atoms. The highest BCUT2D eigenvalue weighted by Crippen LogP contribution is 2.44. The molecule has 1 aliphatic carbocycles. The molecule has 1 aromatic carbocycles. The highest BCUT2D eigenvalue weighted by atomic mass is 16.5. The van der Waals surface area contributed by atoms with Gasteiger partial charge in [0.05, 0.1) is 20.3 Å². The lowest BCUT2D eigenvalue weighted by atomic mass is 10.0. The molecule has 1 saturated carbocycles. The van der Waals surface area contributed by atoms with E-state index in [9.17, 15) is 5.11 Å². The first kappa shape index (κ1) is 10.3. The summed E-state index contributed by atoms with van der Waals surface area (Å²) in [6.45, 7) is 0. The second kappa shape index (κ2) is 4.11. The molecule has 1 atom stereocenters. The Kier molecular flexibility index (Phi) is 2.82. The molecule has 0 aliphatic heterocycles. The largest absolute Gasteiger partial charge is 0.497 e. The minimum atomic E-state index is -0.397. The zero-order chi connectivity index (χ0) is 10.8. The van der Waals surface area contributed by atoms with Crippen molar-refractivity contribution < 1.29 is 14.6 Å². The van der Waals surface area contributed by atoms with E-state index >= 15 is 0 Å². The number of hydrogen-bond donors (Lipinski definition) is 1. The zero-order valence-electron chi connectivity index (χ0n) is 9.06. The third kappa shape index (κ3) is 2.07. The summed E-state index contributed by atoms with van der Waals surface area (Å²) < 4.78 is 10.4. The van der Waals surface area contributed by atoms with Gasteiger partial charge < -0.3 is 14.6 Å². The van der Waals surface area contributed by atoms with Crippen LogP contribution in [0.3, 0.4) is 0 Å². The fourth-order valence-corrected chi connectivity index (χ4v) is 1.73. The van der Waals surface area contributed by atoms with Crippen LogP contribution in [0.4, 0.5) is 0 Å². The van der Waals surface area contributed by atoms with E-state index in [0.29, 0.717) is 11.7 Å². The van der Waals surface area contributed by atoms with Gasteiger partial charge in [0.25, 0.3) is 0 Å². The van der Waals surface area contributed by atoms with E-state index in [2.05, 4.69) is 0 Å². The van der Waals surface area contributed by atoms with Crippen molar-refractivity contribution in [1.82, 2.24) is 0 Å². The Bertz CT molecular complexity index is 345. The Labute approximate surface area is 89.6 Å². The average molecular weight is 208 g/mol. The smallest absolute Gasteiger partial charge is 0.128 e. The number of benzene rings is 1. The molecule has 1 aromatic rings. The fourth-order valence-electron chi connectivity index (χ4n) is 1.73. The van der Waals surface area contributed by atoms with Gasteiger partial charge in [0, 0.05) is 11.6 Å². The van der Waals surface area contributed by atoms with E-state index in [1.54, 1.807) is 20.3 Å². The average Bonchev–Trinajstić information content (AvgIpc) is 3.11. The molecule has 0 aromatic heterocycles. The highest BCUT2D eigenvalue weighted by Gasteiger charge is 2.32. The molecule has 82 valence electrons. The molecule has 3 heteroatoms. The van der Waals surface area contributed by atoms with Crippen LogP contribution in [-0.2, 0) is 0 Å². The van der Waals surface area contributed by atoms with Crippen molar-refractivity contribution in [1.29, 1.82) is 0 Å². The van der Waals surface area contributed by atoms with Gasteiger partial charge >= 0.3 is 0 Å². The number of rotatable bonds is 4. The van der Waals surface area contributed by atoms with Gasteiger partial charge in [0.1, 0.15) is 11.5 Å². The first-order valence-electron chi connectivity index (χ1n) is 5.16. The van der Waals surface area contributed by atoms with Gasteiger partial charge in [0.2, 0.25) is 0 Å². The van der Waals surface area contributed by atoms with Crippen LogP contribution >= 0.6 is 0 Å². The van der Waals surface area contributed by atoms with Crippen molar-refractivity contribution in [3.63, 3.8) is 0 Å². The maximum atomic E-state index is 10.0. The lowest BCUT2D eigenvalue weighted by molar-refractivity contribution is 0.150. The molecule has 0 heterocycles. The standard InChI is InChI=1S/C12H16O3/c1-14-9-5-6-10(11(7-9)15-2)12(13)8-3-4-8/h5-8,12-13H,3-4H2,1-2H3. The number of aliphatic hydroxyl groups excluding tert-OH is 1. The summed E-state index contributed by atoms with van der Waals surface area (Å²) in [5.41, 5.74) is 0.862. The van der Waals surface area contributed by atoms with E-state index in [0.717, 1.165) is 24.2 Å².